The lowest BCUT2D eigenvalue weighted by Gasteiger charge is -2.02. The lowest BCUT2D eigenvalue weighted by Crippen LogP contribution is -1.86. The van der Waals surface area contributed by atoms with E-state index >= 15 is 0 Å². The molecule has 0 N–H and O–H groups in total. The van der Waals surface area contributed by atoms with E-state index in [0.717, 1.165) is 6.42 Å². The van der Waals surface area contributed by atoms with Gasteiger partial charge in [-0.05, 0) is 36.8 Å². The second-order valence-corrected chi connectivity index (χ2v) is 4.19. The Hall–Kier alpha value is -1.30. The summed E-state index contributed by atoms with van der Waals surface area (Å²) in [7, 11) is 0. The summed E-state index contributed by atoms with van der Waals surface area (Å²) in [4.78, 5) is 0. The van der Waals surface area contributed by atoms with Crippen molar-refractivity contribution in [3.8, 4) is 0 Å². The molecule has 0 saturated carbocycles. The summed E-state index contributed by atoms with van der Waals surface area (Å²) in [5.74, 6) is 0. The van der Waals surface area contributed by atoms with Crippen molar-refractivity contribution in [1.29, 1.82) is 0 Å². The molecule has 1 rings (SSSR count). The maximum Gasteiger partial charge on any atom is -0.0262 e. The Labute approximate surface area is 99.7 Å². The van der Waals surface area contributed by atoms with Crippen molar-refractivity contribution in [2.45, 2.75) is 38.5 Å². The zero-order chi connectivity index (χ0) is 11.6. The van der Waals surface area contributed by atoms with E-state index in [2.05, 4.69) is 37.4 Å². The molecule has 0 bridgehead atoms. The summed E-state index contributed by atoms with van der Waals surface area (Å²) >= 11 is 0. The number of unbranched alkanes of at least 4 members (excludes halogenated alkanes) is 4. The van der Waals surface area contributed by atoms with Crippen molar-refractivity contribution in [1.82, 2.24) is 0 Å². The molecule has 0 spiro atoms. The average Bonchev–Trinajstić information content (AvgIpc) is 2.34. The van der Waals surface area contributed by atoms with Crippen molar-refractivity contribution in [3.05, 3.63) is 54.6 Å². The molecular formula is C16H22. The minimum absolute atomic E-state index is 1.16. The van der Waals surface area contributed by atoms with Gasteiger partial charge in [-0.2, -0.15) is 0 Å². The molecule has 0 saturated heterocycles. The summed E-state index contributed by atoms with van der Waals surface area (Å²) in [6, 6.07) is 8.70. The van der Waals surface area contributed by atoms with E-state index < -0.39 is 0 Å². The fourth-order valence-corrected chi connectivity index (χ4v) is 1.79. The predicted molar refractivity (Wildman–Crippen MR) is 73.5 cm³/mol. The van der Waals surface area contributed by atoms with Crippen LogP contribution in [0.2, 0.25) is 0 Å². The highest BCUT2D eigenvalue weighted by atomic mass is 14.0. The van der Waals surface area contributed by atoms with Crippen molar-refractivity contribution in [3.63, 3.8) is 0 Å². The summed E-state index contributed by atoms with van der Waals surface area (Å²) in [5, 5.41) is 0. The third kappa shape index (κ3) is 4.97. The summed E-state index contributed by atoms with van der Waals surface area (Å²) in [6.45, 7) is 7.49. The van der Waals surface area contributed by atoms with E-state index in [0.29, 0.717) is 0 Å². The van der Waals surface area contributed by atoms with Crippen molar-refractivity contribution in [2.24, 2.45) is 0 Å². The van der Waals surface area contributed by atoms with Crippen LogP contribution in [0.4, 0.5) is 0 Å². The maximum atomic E-state index is 3.76. The van der Waals surface area contributed by atoms with Gasteiger partial charge < -0.3 is 0 Å². The lowest BCUT2D eigenvalue weighted by atomic mass is 10.0. The number of aryl methyl sites for hydroxylation is 1. The standard InChI is InChI=1S/C16H22/c1-3-5-6-7-8-9-10-16-13-11-15(4-2)12-14-16/h3-4,11-14H,1-2,5-10H2. The quantitative estimate of drug-likeness (QED) is 0.421. The van der Waals surface area contributed by atoms with E-state index in [1.165, 1.54) is 43.2 Å². The minimum Gasteiger partial charge on any atom is -0.103 e. The van der Waals surface area contributed by atoms with Gasteiger partial charge in [0.2, 0.25) is 0 Å². The highest BCUT2D eigenvalue weighted by molar-refractivity contribution is 5.47. The number of benzene rings is 1. The molecule has 0 heterocycles. The van der Waals surface area contributed by atoms with Gasteiger partial charge in [-0.25, -0.2) is 0 Å². The molecular weight excluding hydrogens is 192 g/mol. The molecule has 0 heteroatoms. The molecule has 0 fully saturated rings. The first-order valence-electron chi connectivity index (χ1n) is 6.19. The summed E-state index contributed by atoms with van der Waals surface area (Å²) in [6.07, 6.45) is 11.5. The van der Waals surface area contributed by atoms with Crippen molar-refractivity contribution < 1.29 is 0 Å². The highest BCUT2D eigenvalue weighted by Gasteiger charge is 1.93. The molecule has 1 aromatic rings. The van der Waals surface area contributed by atoms with Gasteiger partial charge in [0, 0.05) is 0 Å². The maximum absolute atomic E-state index is 3.76. The van der Waals surface area contributed by atoms with Gasteiger partial charge in [-0.3, -0.25) is 0 Å². The molecule has 1 aromatic carbocycles. The van der Waals surface area contributed by atoms with E-state index in [4.69, 9.17) is 0 Å². The van der Waals surface area contributed by atoms with Gasteiger partial charge in [-0.15, -0.1) is 6.58 Å². The average molecular weight is 214 g/mol. The smallest absolute Gasteiger partial charge is 0.0262 e. The first-order chi connectivity index (χ1) is 7.86. The molecule has 86 valence electrons. The van der Waals surface area contributed by atoms with E-state index in [1.807, 2.05) is 12.2 Å². The summed E-state index contributed by atoms with van der Waals surface area (Å²) < 4.78 is 0. The van der Waals surface area contributed by atoms with Crippen LogP contribution in [0.25, 0.3) is 6.08 Å². The topological polar surface area (TPSA) is 0 Å². The Morgan fingerprint density at radius 1 is 0.875 bits per heavy atom. The predicted octanol–water partition coefficient (Wildman–Crippen LogP) is 5.01. The molecule has 0 aliphatic heterocycles. The number of hydrogen-bond donors (Lipinski definition) is 0. The van der Waals surface area contributed by atoms with Crippen molar-refractivity contribution in [2.75, 3.05) is 0 Å². The molecule has 0 nitrogen and oxygen atoms in total. The molecule has 0 aromatic heterocycles. The fraction of sp³-hybridized carbons (Fsp3) is 0.375. The van der Waals surface area contributed by atoms with Crippen LogP contribution < -0.4 is 0 Å². The van der Waals surface area contributed by atoms with Gasteiger partial charge in [0.05, 0.1) is 0 Å². The third-order valence-corrected chi connectivity index (χ3v) is 2.84. The number of hydrogen-bond acceptors (Lipinski definition) is 0. The molecule has 0 amide bonds. The van der Waals surface area contributed by atoms with Crippen LogP contribution in [0.1, 0.15) is 43.2 Å². The molecule has 0 atom stereocenters. The van der Waals surface area contributed by atoms with Crippen LogP contribution in [0.5, 0.6) is 0 Å². The Morgan fingerprint density at radius 2 is 1.56 bits per heavy atom. The summed E-state index contributed by atoms with van der Waals surface area (Å²) in [5.41, 5.74) is 2.64. The van der Waals surface area contributed by atoms with Crippen LogP contribution in [0.15, 0.2) is 43.5 Å². The first-order valence-corrected chi connectivity index (χ1v) is 6.19. The van der Waals surface area contributed by atoms with Crippen LogP contribution in [-0.2, 0) is 6.42 Å². The van der Waals surface area contributed by atoms with E-state index in [1.54, 1.807) is 0 Å². The first kappa shape index (κ1) is 12.8. The zero-order valence-corrected chi connectivity index (χ0v) is 10.1. The third-order valence-electron chi connectivity index (χ3n) is 2.84. The molecule has 0 unspecified atom stereocenters. The zero-order valence-electron chi connectivity index (χ0n) is 10.1. The Bertz CT molecular complexity index is 305. The van der Waals surface area contributed by atoms with Gasteiger partial charge >= 0.3 is 0 Å². The second kappa shape index (κ2) is 7.92. The van der Waals surface area contributed by atoms with Gasteiger partial charge in [0.25, 0.3) is 0 Å². The Kier molecular flexibility index (Phi) is 6.32. The monoisotopic (exact) mass is 214 g/mol. The number of allylic oxidation sites excluding steroid dienone is 1. The lowest BCUT2D eigenvalue weighted by molar-refractivity contribution is 0.646. The molecule has 16 heavy (non-hydrogen) atoms. The second-order valence-electron chi connectivity index (χ2n) is 4.19. The van der Waals surface area contributed by atoms with Crippen LogP contribution in [0, 0.1) is 0 Å². The number of rotatable bonds is 8. The molecule has 0 radical (unpaired) electrons. The normalized spacial score (nSPS) is 10.0. The van der Waals surface area contributed by atoms with Crippen LogP contribution in [-0.4, -0.2) is 0 Å². The SMILES string of the molecule is C=CCCCCCCc1ccc(C=C)cc1. The van der Waals surface area contributed by atoms with E-state index in [-0.39, 0.29) is 0 Å². The largest absolute Gasteiger partial charge is 0.103 e. The van der Waals surface area contributed by atoms with E-state index in [9.17, 15) is 0 Å². The van der Waals surface area contributed by atoms with Gasteiger partial charge in [0.1, 0.15) is 0 Å². The van der Waals surface area contributed by atoms with Crippen molar-refractivity contribution >= 4 is 6.08 Å². The van der Waals surface area contributed by atoms with Gasteiger partial charge in [-0.1, -0.05) is 55.8 Å². The fourth-order valence-electron chi connectivity index (χ4n) is 1.79. The van der Waals surface area contributed by atoms with Crippen LogP contribution >= 0.6 is 0 Å². The highest BCUT2D eigenvalue weighted by Crippen LogP contribution is 2.11. The Morgan fingerprint density at radius 3 is 2.19 bits per heavy atom. The van der Waals surface area contributed by atoms with Crippen LogP contribution in [0.3, 0.4) is 0 Å². The Balaban J connectivity index is 2.16. The molecule has 0 aliphatic rings. The molecule has 0 aliphatic carbocycles. The van der Waals surface area contributed by atoms with Gasteiger partial charge in [0.15, 0.2) is 0 Å². The minimum atomic E-state index is 1.16.